The van der Waals surface area contributed by atoms with E-state index in [4.69, 9.17) is 9.47 Å². The van der Waals surface area contributed by atoms with Crippen molar-refractivity contribution in [3.05, 3.63) is 35.8 Å². The van der Waals surface area contributed by atoms with E-state index in [0.717, 1.165) is 62.9 Å². The number of likely N-dealkylation sites (tertiary alicyclic amines) is 1. The first-order valence-corrected chi connectivity index (χ1v) is 9.71. The molecule has 2 aromatic heterocycles. The minimum atomic E-state index is 0. The maximum atomic E-state index is 5.94. The largest absolute Gasteiger partial charge is 0.385 e. The smallest absolute Gasteiger partial charge is 0.193 e. The first-order chi connectivity index (χ1) is 13.2. The Morgan fingerprint density at radius 1 is 1.29 bits per heavy atom. The number of hydrogen-bond donors (Lipinski definition) is 1. The van der Waals surface area contributed by atoms with Crippen LogP contribution in [0.15, 0.2) is 29.4 Å². The zero-order valence-electron chi connectivity index (χ0n) is 17.1. The van der Waals surface area contributed by atoms with Crippen LogP contribution in [0.3, 0.4) is 0 Å². The third-order valence-electron chi connectivity index (χ3n) is 4.97. The average Bonchev–Trinajstić information content (AvgIpc) is 3.11. The second-order valence-electron chi connectivity index (χ2n) is 6.93. The lowest BCUT2D eigenvalue weighted by molar-refractivity contribution is 0.00989. The topological polar surface area (TPSA) is 63.4 Å². The quantitative estimate of drug-likeness (QED) is 0.274. The summed E-state index contributed by atoms with van der Waals surface area (Å²) in [7, 11) is 3.56. The highest BCUT2D eigenvalue weighted by molar-refractivity contribution is 14.0. The highest BCUT2D eigenvalue weighted by Crippen LogP contribution is 2.14. The molecule has 7 nitrogen and oxygen atoms in total. The van der Waals surface area contributed by atoms with Crippen molar-refractivity contribution in [1.29, 1.82) is 0 Å². The van der Waals surface area contributed by atoms with Crippen molar-refractivity contribution in [2.75, 3.05) is 40.5 Å². The van der Waals surface area contributed by atoms with Crippen LogP contribution < -0.4 is 5.32 Å². The van der Waals surface area contributed by atoms with E-state index in [1.165, 1.54) is 5.69 Å². The van der Waals surface area contributed by atoms with Gasteiger partial charge in [-0.3, -0.25) is 4.99 Å². The molecule has 3 rings (SSSR count). The minimum absolute atomic E-state index is 0. The van der Waals surface area contributed by atoms with Crippen LogP contribution in [-0.4, -0.2) is 66.8 Å². The van der Waals surface area contributed by atoms with Gasteiger partial charge < -0.3 is 24.1 Å². The monoisotopic (exact) mass is 501 g/mol. The third kappa shape index (κ3) is 6.05. The Kier molecular flexibility index (Phi) is 9.46. The summed E-state index contributed by atoms with van der Waals surface area (Å²) in [6, 6.07) is 6.16. The Balaban J connectivity index is 0.00000280. The fraction of sp³-hybridized carbons (Fsp3) is 0.600. The van der Waals surface area contributed by atoms with Crippen molar-refractivity contribution in [2.24, 2.45) is 4.99 Å². The van der Waals surface area contributed by atoms with Gasteiger partial charge in [0.15, 0.2) is 5.96 Å². The van der Waals surface area contributed by atoms with E-state index in [1.54, 1.807) is 7.11 Å². The summed E-state index contributed by atoms with van der Waals surface area (Å²) in [5.41, 5.74) is 3.18. The normalized spacial score (nSPS) is 15.7. The molecule has 1 fully saturated rings. The number of piperidine rings is 1. The van der Waals surface area contributed by atoms with Crippen LogP contribution in [0.5, 0.6) is 0 Å². The lowest BCUT2D eigenvalue weighted by atomic mass is 10.1. The molecule has 1 aliphatic rings. The van der Waals surface area contributed by atoms with Crippen molar-refractivity contribution < 1.29 is 9.47 Å². The second kappa shape index (κ2) is 11.6. The molecule has 0 amide bonds. The number of hydrogen-bond acceptors (Lipinski definition) is 4. The molecule has 3 heterocycles. The van der Waals surface area contributed by atoms with Gasteiger partial charge >= 0.3 is 0 Å². The first-order valence-electron chi connectivity index (χ1n) is 9.71. The fourth-order valence-corrected chi connectivity index (χ4v) is 3.47. The number of guanidine groups is 1. The van der Waals surface area contributed by atoms with Gasteiger partial charge in [-0.15, -0.1) is 24.0 Å². The number of ether oxygens (including phenoxy) is 2. The van der Waals surface area contributed by atoms with Gasteiger partial charge in [0.1, 0.15) is 5.65 Å². The Hall–Kier alpha value is -1.39. The van der Waals surface area contributed by atoms with Gasteiger partial charge in [0.05, 0.1) is 18.3 Å². The Morgan fingerprint density at radius 3 is 2.75 bits per heavy atom. The van der Waals surface area contributed by atoms with E-state index in [-0.39, 0.29) is 24.0 Å². The lowest BCUT2D eigenvalue weighted by Crippen LogP contribution is -2.46. The summed E-state index contributed by atoms with van der Waals surface area (Å²) < 4.78 is 13.1. The van der Waals surface area contributed by atoms with Crippen molar-refractivity contribution >= 4 is 35.6 Å². The molecule has 0 spiro atoms. The fourth-order valence-electron chi connectivity index (χ4n) is 3.47. The van der Waals surface area contributed by atoms with Gasteiger partial charge in [0.25, 0.3) is 0 Å². The number of halogens is 1. The van der Waals surface area contributed by atoms with E-state index in [9.17, 15) is 0 Å². The maximum Gasteiger partial charge on any atom is 0.193 e. The molecule has 0 radical (unpaired) electrons. The van der Waals surface area contributed by atoms with Crippen molar-refractivity contribution in [2.45, 2.75) is 38.8 Å². The highest BCUT2D eigenvalue weighted by atomic mass is 127. The molecule has 1 aliphatic heterocycles. The van der Waals surface area contributed by atoms with E-state index in [0.29, 0.717) is 12.6 Å². The van der Waals surface area contributed by atoms with Gasteiger partial charge in [0, 0.05) is 52.4 Å². The van der Waals surface area contributed by atoms with Gasteiger partial charge in [-0.1, -0.05) is 6.07 Å². The lowest BCUT2D eigenvalue weighted by Gasteiger charge is -2.34. The average molecular weight is 501 g/mol. The van der Waals surface area contributed by atoms with E-state index >= 15 is 0 Å². The third-order valence-corrected chi connectivity index (χ3v) is 4.97. The molecule has 8 heteroatoms. The van der Waals surface area contributed by atoms with Crippen LogP contribution >= 0.6 is 24.0 Å². The van der Waals surface area contributed by atoms with Crippen LogP contribution in [0, 0.1) is 6.92 Å². The van der Waals surface area contributed by atoms with E-state index in [2.05, 4.69) is 43.8 Å². The molecule has 28 heavy (non-hydrogen) atoms. The maximum absolute atomic E-state index is 5.94. The Morgan fingerprint density at radius 2 is 2.07 bits per heavy atom. The number of fused-ring (bicyclic) bond motifs is 1. The molecule has 1 N–H and O–H groups in total. The number of pyridine rings is 1. The molecule has 0 saturated carbocycles. The second-order valence-corrected chi connectivity index (χ2v) is 6.93. The molecule has 156 valence electrons. The van der Waals surface area contributed by atoms with Crippen LogP contribution in [0.4, 0.5) is 0 Å². The molecule has 2 aromatic rings. The van der Waals surface area contributed by atoms with E-state index in [1.807, 2.05) is 19.2 Å². The van der Waals surface area contributed by atoms with Crippen LogP contribution in [0.1, 0.15) is 30.7 Å². The van der Waals surface area contributed by atoms with Crippen molar-refractivity contribution in [3.63, 3.8) is 0 Å². The molecule has 0 bridgehead atoms. The number of aliphatic imine (C=N–C) groups is 1. The SMILES string of the molecule is CN=C(NCc1cn2c(C)cccc2n1)N1CCC(OCCCOC)CC1.I. The predicted molar refractivity (Wildman–Crippen MR) is 123 cm³/mol. The van der Waals surface area contributed by atoms with E-state index < -0.39 is 0 Å². The van der Waals surface area contributed by atoms with Crippen molar-refractivity contribution in [1.82, 2.24) is 19.6 Å². The number of methoxy groups -OCH3 is 1. The van der Waals surface area contributed by atoms with Crippen molar-refractivity contribution in [3.8, 4) is 0 Å². The predicted octanol–water partition coefficient (Wildman–Crippen LogP) is 2.85. The summed E-state index contributed by atoms with van der Waals surface area (Å²) in [4.78, 5) is 11.4. The zero-order valence-corrected chi connectivity index (χ0v) is 19.4. The minimum Gasteiger partial charge on any atom is -0.385 e. The summed E-state index contributed by atoms with van der Waals surface area (Å²) in [5.74, 6) is 0.932. The Labute approximate surface area is 184 Å². The number of nitrogens with zero attached hydrogens (tertiary/aromatic N) is 4. The molecule has 0 aliphatic carbocycles. The number of nitrogens with one attached hydrogen (secondary N) is 1. The van der Waals surface area contributed by atoms with Gasteiger partial charge in [-0.2, -0.15) is 0 Å². The summed E-state index contributed by atoms with van der Waals surface area (Å²) in [6.45, 7) is 6.21. The van der Waals surface area contributed by atoms with Gasteiger partial charge in [0.2, 0.25) is 0 Å². The summed E-state index contributed by atoms with van der Waals surface area (Å²) in [6.07, 6.45) is 5.45. The number of imidazole rings is 1. The molecular formula is C20H32IN5O2. The van der Waals surface area contributed by atoms with Crippen LogP contribution in [0.25, 0.3) is 5.65 Å². The summed E-state index contributed by atoms with van der Waals surface area (Å²) >= 11 is 0. The van der Waals surface area contributed by atoms with Gasteiger partial charge in [-0.05, 0) is 38.3 Å². The first kappa shape index (κ1) is 22.9. The summed E-state index contributed by atoms with van der Waals surface area (Å²) in [5, 5.41) is 3.45. The molecular weight excluding hydrogens is 469 g/mol. The molecule has 0 atom stereocenters. The number of rotatable bonds is 7. The molecule has 0 aromatic carbocycles. The molecule has 1 saturated heterocycles. The van der Waals surface area contributed by atoms with Crippen LogP contribution in [-0.2, 0) is 16.0 Å². The highest BCUT2D eigenvalue weighted by Gasteiger charge is 2.21. The Bertz CT molecular complexity index is 756. The number of aryl methyl sites for hydroxylation is 1. The zero-order chi connectivity index (χ0) is 19.1. The molecule has 0 unspecified atom stereocenters. The van der Waals surface area contributed by atoms with Crippen LogP contribution in [0.2, 0.25) is 0 Å². The standard InChI is InChI=1S/C20H31N5O2.HI/c1-16-6-4-7-19-23-17(15-25(16)19)14-22-20(21-2)24-10-8-18(9-11-24)27-13-5-12-26-3;/h4,6-7,15,18H,5,8-14H2,1-3H3,(H,21,22);1H. The number of aromatic nitrogens is 2. The van der Waals surface area contributed by atoms with Gasteiger partial charge in [-0.25, -0.2) is 4.98 Å².